The van der Waals surface area contributed by atoms with Gasteiger partial charge >= 0.3 is 0 Å². The molecule has 224 valence electrons. The molecule has 4 atom stereocenters. The van der Waals surface area contributed by atoms with E-state index in [-0.39, 0.29) is 33.0 Å². The smallest absolute Gasteiger partial charge is 0.236 e. The van der Waals surface area contributed by atoms with Crippen LogP contribution in [0.4, 0.5) is 14.6 Å². The minimum atomic E-state index is -0.868. The number of aromatic hydroxyl groups is 1. The molecule has 0 amide bonds. The van der Waals surface area contributed by atoms with Gasteiger partial charge in [-0.25, -0.2) is 18.7 Å². The van der Waals surface area contributed by atoms with Gasteiger partial charge in [0.05, 0.1) is 15.9 Å². The molecule has 2 aromatic carbocycles. The van der Waals surface area contributed by atoms with Crippen molar-refractivity contribution < 1.29 is 18.6 Å². The highest BCUT2D eigenvalue weighted by Crippen LogP contribution is 2.45. The zero-order chi connectivity index (χ0) is 29.5. The maximum absolute atomic E-state index is 14.6. The number of fused-ring (bicyclic) bond motifs is 5. The number of phenols is 1. The maximum Gasteiger partial charge on any atom is 0.236 e. The topological polar surface area (TPSA) is 74.6 Å². The molecule has 4 aromatic rings. The third-order valence-electron chi connectivity index (χ3n) is 10.0. The lowest BCUT2D eigenvalue weighted by Gasteiger charge is -2.34. The van der Waals surface area contributed by atoms with Gasteiger partial charge in [-0.05, 0) is 74.1 Å². The standard InChI is InChI=1S/C32H31Cl2F2N5O2/c33-26-24(36)5-4-19-9-21(42)10-22(25(19)26)29-37-12-23-28(38-29)27(34)31(39-30(23)40-13-17-2-3-18(8-17)14-40)43-16-32-6-1-7-41(32)15-20(35)11-32/h4-5,9-10,12,17-18,20,42H,1-3,6-8,11,13-16H2/t17?,18?,20-,32+/m1/s1. The van der Waals surface area contributed by atoms with Crippen LogP contribution in [0.25, 0.3) is 33.1 Å². The molecule has 1 saturated carbocycles. The van der Waals surface area contributed by atoms with Crippen molar-refractivity contribution in [1.29, 1.82) is 0 Å². The van der Waals surface area contributed by atoms with E-state index in [4.69, 9.17) is 37.9 Å². The van der Waals surface area contributed by atoms with Crippen molar-refractivity contribution in [2.75, 3.05) is 37.7 Å². The van der Waals surface area contributed by atoms with Crippen LogP contribution in [0.3, 0.4) is 0 Å². The van der Waals surface area contributed by atoms with Gasteiger partial charge in [0.25, 0.3) is 0 Å². The van der Waals surface area contributed by atoms with Crippen LogP contribution in [0.2, 0.25) is 10.0 Å². The van der Waals surface area contributed by atoms with Gasteiger partial charge in [0, 0.05) is 43.2 Å². The predicted molar refractivity (Wildman–Crippen MR) is 164 cm³/mol. The number of pyridine rings is 1. The first-order valence-corrected chi connectivity index (χ1v) is 15.8. The van der Waals surface area contributed by atoms with Crippen molar-refractivity contribution >= 4 is 50.7 Å². The van der Waals surface area contributed by atoms with E-state index in [1.54, 1.807) is 12.3 Å². The van der Waals surface area contributed by atoms with E-state index in [0.717, 1.165) is 38.3 Å². The number of nitrogens with zero attached hydrogens (tertiary/aromatic N) is 5. The third-order valence-corrected chi connectivity index (χ3v) is 10.7. The molecule has 4 fully saturated rings. The number of halogens is 4. The van der Waals surface area contributed by atoms with Crippen molar-refractivity contribution in [2.45, 2.75) is 50.2 Å². The Morgan fingerprint density at radius 3 is 2.70 bits per heavy atom. The molecule has 0 radical (unpaired) electrons. The van der Waals surface area contributed by atoms with E-state index >= 15 is 0 Å². The first-order chi connectivity index (χ1) is 20.8. The van der Waals surface area contributed by atoms with Gasteiger partial charge in [-0.1, -0.05) is 29.3 Å². The van der Waals surface area contributed by atoms with E-state index in [9.17, 15) is 13.9 Å². The van der Waals surface area contributed by atoms with Crippen LogP contribution in [-0.4, -0.2) is 69.5 Å². The SMILES string of the molecule is Oc1cc(-c2ncc3c(N4CC5CCC(C5)C4)nc(OC[C@@]45CCCN4C[C@H](F)C5)c(Cl)c3n2)c2c(Cl)c(F)ccc2c1. The molecule has 1 aliphatic carbocycles. The van der Waals surface area contributed by atoms with Crippen molar-refractivity contribution in [1.82, 2.24) is 19.9 Å². The summed E-state index contributed by atoms with van der Waals surface area (Å²) in [6.45, 7) is 3.35. The van der Waals surface area contributed by atoms with E-state index in [0.29, 0.717) is 58.6 Å². The van der Waals surface area contributed by atoms with Gasteiger partial charge in [0.1, 0.15) is 40.7 Å². The molecule has 1 N–H and O–H groups in total. The molecule has 4 aliphatic rings. The van der Waals surface area contributed by atoms with Crippen LogP contribution >= 0.6 is 23.2 Å². The predicted octanol–water partition coefficient (Wildman–Crippen LogP) is 7.19. The number of alkyl halides is 1. The number of hydrogen-bond donors (Lipinski definition) is 1. The Balaban J connectivity index is 1.26. The van der Waals surface area contributed by atoms with Crippen molar-refractivity contribution in [3.63, 3.8) is 0 Å². The van der Waals surface area contributed by atoms with Crippen molar-refractivity contribution in [2.24, 2.45) is 11.8 Å². The van der Waals surface area contributed by atoms with Gasteiger partial charge in [0.2, 0.25) is 5.88 Å². The average Bonchev–Trinajstić information content (AvgIpc) is 3.64. The average molecular weight is 627 g/mol. The lowest BCUT2D eigenvalue weighted by atomic mass is 9.95. The highest BCUT2D eigenvalue weighted by molar-refractivity contribution is 6.37. The molecule has 11 heteroatoms. The number of benzene rings is 2. The Bertz CT molecular complexity index is 1760. The number of piperidine rings is 1. The number of phenolic OH excluding ortho intramolecular Hbond substituents is 1. The zero-order valence-electron chi connectivity index (χ0n) is 23.5. The van der Waals surface area contributed by atoms with E-state index < -0.39 is 12.0 Å². The highest BCUT2D eigenvalue weighted by atomic mass is 35.5. The fourth-order valence-corrected chi connectivity index (χ4v) is 8.59. The second-order valence-electron chi connectivity index (χ2n) is 12.8. The van der Waals surface area contributed by atoms with Crippen molar-refractivity contribution in [3.8, 4) is 23.0 Å². The van der Waals surface area contributed by atoms with Crippen LogP contribution in [-0.2, 0) is 0 Å². The summed E-state index contributed by atoms with van der Waals surface area (Å²) < 4.78 is 35.4. The van der Waals surface area contributed by atoms with Gasteiger partial charge in [-0.2, -0.15) is 4.98 Å². The fraction of sp³-hybridized carbons (Fsp3) is 0.469. The Kier molecular flexibility index (Phi) is 6.58. The number of ether oxygens (including phenoxy) is 1. The summed E-state index contributed by atoms with van der Waals surface area (Å²) in [7, 11) is 0. The van der Waals surface area contributed by atoms with Crippen LogP contribution in [0.1, 0.15) is 38.5 Å². The lowest BCUT2D eigenvalue weighted by molar-refractivity contribution is 0.111. The number of hydrogen-bond acceptors (Lipinski definition) is 7. The second kappa shape index (κ2) is 10.3. The molecular formula is C32H31Cl2F2N5O2. The van der Waals surface area contributed by atoms with Gasteiger partial charge < -0.3 is 14.7 Å². The highest BCUT2D eigenvalue weighted by Gasteiger charge is 2.49. The number of anilines is 1. The van der Waals surface area contributed by atoms with E-state index in [1.807, 2.05) is 0 Å². The van der Waals surface area contributed by atoms with Gasteiger partial charge in [0.15, 0.2) is 5.82 Å². The minimum Gasteiger partial charge on any atom is -0.508 e. The molecule has 7 nitrogen and oxygen atoms in total. The van der Waals surface area contributed by atoms with Crippen LogP contribution in [0, 0.1) is 17.7 Å². The maximum atomic E-state index is 14.6. The molecule has 3 saturated heterocycles. The first kappa shape index (κ1) is 27.5. The van der Waals surface area contributed by atoms with Crippen LogP contribution in [0.5, 0.6) is 11.6 Å². The molecule has 8 rings (SSSR count). The lowest BCUT2D eigenvalue weighted by Crippen LogP contribution is -2.43. The summed E-state index contributed by atoms with van der Waals surface area (Å²) in [5, 5.41) is 12.3. The summed E-state index contributed by atoms with van der Waals surface area (Å²) in [5.41, 5.74) is 0.473. The Labute approximate surface area is 257 Å². The first-order valence-electron chi connectivity index (χ1n) is 15.0. The summed E-state index contributed by atoms with van der Waals surface area (Å²) in [6, 6.07) is 5.82. The summed E-state index contributed by atoms with van der Waals surface area (Å²) in [6.07, 6.45) is 6.79. The largest absolute Gasteiger partial charge is 0.508 e. The van der Waals surface area contributed by atoms with Crippen molar-refractivity contribution in [3.05, 3.63) is 46.3 Å². The molecule has 2 bridgehead atoms. The van der Waals surface area contributed by atoms with Crippen LogP contribution < -0.4 is 9.64 Å². The van der Waals surface area contributed by atoms with Gasteiger partial charge in [-0.15, -0.1) is 0 Å². The molecule has 2 aromatic heterocycles. The fourth-order valence-electron chi connectivity index (χ4n) is 8.08. The van der Waals surface area contributed by atoms with Crippen LogP contribution in [0.15, 0.2) is 30.5 Å². The second-order valence-corrected chi connectivity index (χ2v) is 13.5. The Hall–Kier alpha value is -3.01. The molecule has 5 heterocycles. The molecular weight excluding hydrogens is 595 g/mol. The number of rotatable bonds is 5. The minimum absolute atomic E-state index is 0.0219. The van der Waals surface area contributed by atoms with Gasteiger partial charge in [-0.3, -0.25) is 4.90 Å². The molecule has 3 aliphatic heterocycles. The Morgan fingerprint density at radius 1 is 1.07 bits per heavy atom. The van der Waals surface area contributed by atoms with E-state index in [1.165, 1.54) is 37.5 Å². The summed E-state index contributed by atoms with van der Waals surface area (Å²) >= 11 is 13.4. The Morgan fingerprint density at radius 2 is 1.88 bits per heavy atom. The molecule has 2 unspecified atom stereocenters. The quantitative estimate of drug-likeness (QED) is 0.252. The molecule has 0 spiro atoms. The third kappa shape index (κ3) is 4.57. The summed E-state index contributed by atoms with van der Waals surface area (Å²) in [4.78, 5) is 19.0. The number of aromatic nitrogens is 3. The molecule has 43 heavy (non-hydrogen) atoms. The van der Waals surface area contributed by atoms with E-state index in [2.05, 4.69) is 14.8 Å². The monoisotopic (exact) mass is 625 g/mol. The summed E-state index contributed by atoms with van der Waals surface area (Å²) in [5.74, 6) is 1.84. The zero-order valence-corrected chi connectivity index (χ0v) is 25.0. The normalized spacial score (nSPS) is 27.0.